The topological polar surface area (TPSA) is 54.1 Å². The van der Waals surface area contributed by atoms with Gasteiger partial charge in [0.05, 0.1) is 12.0 Å². The van der Waals surface area contributed by atoms with E-state index in [0.717, 1.165) is 46.1 Å². The fourth-order valence-electron chi connectivity index (χ4n) is 3.04. The first-order valence-corrected chi connectivity index (χ1v) is 9.64. The summed E-state index contributed by atoms with van der Waals surface area (Å²) in [6, 6.07) is 0.247. The van der Waals surface area contributed by atoms with Crippen molar-refractivity contribution in [1.82, 2.24) is 10.3 Å². The Balaban J connectivity index is 1.57. The van der Waals surface area contributed by atoms with Crippen molar-refractivity contribution in [2.24, 2.45) is 0 Å². The van der Waals surface area contributed by atoms with Gasteiger partial charge in [0.1, 0.15) is 0 Å². The fourth-order valence-corrected chi connectivity index (χ4v) is 5.71. The van der Waals surface area contributed by atoms with Crippen molar-refractivity contribution in [3.63, 3.8) is 0 Å². The third-order valence-corrected chi connectivity index (χ3v) is 6.73. The van der Waals surface area contributed by atoms with Crippen LogP contribution in [0.3, 0.4) is 0 Å². The second kappa shape index (κ2) is 6.40. The second-order valence-electron chi connectivity index (χ2n) is 5.83. The maximum absolute atomic E-state index is 12.2. The van der Waals surface area contributed by atoms with Crippen molar-refractivity contribution in [3.05, 3.63) is 14.5 Å². The maximum Gasteiger partial charge on any atom is 0.225 e. The molecule has 2 atom stereocenters. The summed E-state index contributed by atoms with van der Waals surface area (Å²) >= 11 is 8.57. The van der Waals surface area contributed by atoms with Crippen LogP contribution in [-0.4, -0.2) is 40.6 Å². The van der Waals surface area contributed by atoms with E-state index >= 15 is 0 Å². The van der Waals surface area contributed by atoms with Crippen molar-refractivity contribution in [3.8, 4) is 0 Å². The third kappa shape index (κ3) is 3.70. The first-order valence-electron chi connectivity index (χ1n) is 7.26. The molecule has 2 aliphatic rings. The Morgan fingerprint density at radius 2 is 2.48 bits per heavy atom. The number of H-pyrrole nitrogens is 1. The highest BCUT2D eigenvalue weighted by Crippen LogP contribution is 2.38. The summed E-state index contributed by atoms with van der Waals surface area (Å²) in [5.41, 5.74) is 1.03. The highest BCUT2D eigenvalue weighted by atomic mass is 32.2. The van der Waals surface area contributed by atoms with Gasteiger partial charge < -0.3 is 15.0 Å². The molecule has 116 valence electrons. The molecule has 21 heavy (non-hydrogen) atoms. The molecule has 7 heteroatoms. The highest BCUT2D eigenvalue weighted by molar-refractivity contribution is 7.99. The third-order valence-electron chi connectivity index (χ3n) is 4.17. The van der Waals surface area contributed by atoms with Crippen LogP contribution in [0.25, 0.3) is 0 Å². The number of aromatic nitrogens is 1. The molecule has 1 aromatic heterocycles. The van der Waals surface area contributed by atoms with Crippen LogP contribution in [0.15, 0.2) is 0 Å². The number of ether oxygens (including phenoxy) is 1. The van der Waals surface area contributed by atoms with Gasteiger partial charge in [-0.05, 0) is 44.2 Å². The van der Waals surface area contributed by atoms with E-state index in [2.05, 4.69) is 10.3 Å². The molecule has 2 saturated heterocycles. The van der Waals surface area contributed by atoms with Gasteiger partial charge in [-0.3, -0.25) is 4.79 Å². The van der Waals surface area contributed by atoms with Gasteiger partial charge in [0.2, 0.25) is 5.91 Å². The molecule has 1 spiro atoms. The van der Waals surface area contributed by atoms with Crippen LogP contribution < -0.4 is 5.32 Å². The predicted molar refractivity (Wildman–Crippen MR) is 89.7 cm³/mol. The second-order valence-corrected chi connectivity index (χ2v) is 8.71. The quantitative estimate of drug-likeness (QED) is 0.828. The smallest absolute Gasteiger partial charge is 0.225 e. The van der Waals surface area contributed by atoms with E-state index in [-0.39, 0.29) is 17.6 Å². The molecule has 2 fully saturated rings. The number of amides is 1. The predicted octanol–water partition coefficient (Wildman–Crippen LogP) is 2.83. The first-order chi connectivity index (χ1) is 10.1. The minimum Gasteiger partial charge on any atom is -0.374 e. The Morgan fingerprint density at radius 1 is 1.62 bits per heavy atom. The van der Waals surface area contributed by atoms with E-state index in [1.807, 2.05) is 18.7 Å². The van der Waals surface area contributed by atoms with Crippen LogP contribution >= 0.6 is 35.3 Å². The Bertz CT molecular complexity index is 575. The van der Waals surface area contributed by atoms with Gasteiger partial charge in [0.15, 0.2) is 3.95 Å². The average molecular weight is 345 g/mol. The van der Waals surface area contributed by atoms with E-state index < -0.39 is 0 Å². The molecular weight excluding hydrogens is 324 g/mol. The fraction of sp³-hybridized carbons (Fsp3) is 0.714. The lowest BCUT2D eigenvalue weighted by Gasteiger charge is -2.38. The average Bonchev–Trinajstić information content (AvgIpc) is 2.97. The molecule has 0 radical (unpaired) electrons. The molecule has 2 N–H and O–H groups in total. The lowest BCUT2D eigenvalue weighted by molar-refractivity contribution is -0.123. The molecule has 1 amide bonds. The van der Waals surface area contributed by atoms with Crippen molar-refractivity contribution in [1.29, 1.82) is 0 Å². The molecule has 0 aliphatic carbocycles. The minimum atomic E-state index is 0.0152. The lowest BCUT2D eigenvalue weighted by atomic mass is 9.90. The molecule has 0 bridgehead atoms. The molecule has 1 aromatic rings. The van der Waals surface area contributed by atoms with Crippen molar-refractivity contribution < 1.29 is 9.53 Å². The van der Waals surface area contributed by atoms with Crippen LogP contribution in [0, 0.1) is 10.9 Å². The number of thioether (sulfide) groups is 1. The molecule has 2 aliphatic heterocycles. The summed E-state index contributed by atoms with van der Waals surface area (Å²) in [7, 11) is 0. The first kappa shape index (κ1) is 15.5. The number of hydrogen-bond acceptors (Lipinski definition) is 5. The van der Waals surface area contributed by atoms with Gasteiger partial charge in [0, 0.05) is 29.0 Å². The Kier molecular flexibility index (Phi) is 4.73. The lowest BCUT2D eigenvalue weighted by Crippen LogP contribution is -2.49. The molecular formula is C14H20N2O2S3. The Hall–Kier alpha value is -0.370. The summed E-state index contributed by atoms with van der Waals surface area (Å²) in [4.78, 5) is 16.4. The van der Waals surface area contributed by atoms with Gasteiger partial charge in [-0.15, -0.1) is 11.3 Å². The standard InChI is InChI=1S/C14H20N2O2S3/c1-9-11(21-13(19)15-9)6-12(17)16-10-2-4-18-14(7-10)3-5-20-8-14/h10H,2-8H2,1H3,(H,15,19)(H,16,17). The number of rotatable bonds is 3. The maximum atomic E-state index is 12.2. The van der Waals surface area contributed by atoms with Crippen LogP contribution in [-0.2, 0) is 16.0 Å². The summed E-state index contributed by atoms with van der Waals surface area (Å²) in [5.74, 6) is 2.33. The Labute approximate surface area is 138 Å². The molecule has 3 rings (SSSR count). The van der Waals surface area contributed by atoms with E-state index in [1.165, 1.54) is 17.1 Å². The zero-order valence-corrected chi connectivity index (χ0v) is 14.5. The van der Waals surface area contributed by atoms with Crippen LogP contribution in [0.4, 0.5) is 0 Å². The normalized spacial score (nSPS) is 28.9. The van der Waals surface area contributed by atoms with Gasteiger partial charge >= 0.3 is 0 Å². The molecule has 3 heterocycles. The number of carbonyl (C=O) groups excluding carboxylic acids is 1. The zero-order valence-electron chi connectivity index (χ0n) is 12.1. The molecule has 0 saturated carbocycles. The van der Waals surface area contributed by atoms with Crippen LogP contribution in [0.5, 0.6) is 0 Å². The van der Waals surface area contributed by atoms with Crippen molar-refractivity contribution in [2.75, 3.05) is 18.1 Å². The number of thiazole rings is 1. The number of hydrogen-bond donors (Lipinski definition) is 2. The van der Waals surface area contributed by atoms with Crippen molar-refractivity contribution >= 4 is 41.2 Å². The van der Waals surface area contributed by atoms with Gasteiger partial charge in [-0.25, -0.2) is 0 Å². The summed E-state index contributed by atoms with van der Waals surface area (Å²) in [6.45, 7) is 2.72. The van der Waals surface area contributed by atoms with Crippen molar-refractivity contribution in [2.45, 2.75) is 44.2 Å². The monoisotopic (exact) mass is 344 g/mol. The van der Waals surface area contributed by atoms with Gasteiger partial charge in [-0.1, -0.05) is 0 Å². The highest BCUT2D eigenvalue weighted by Gasteiger charge is 2.40. The van der Waals surface area contributed by atoms with Gasteiger partial charge in [0.25, 0.3) is 0 Å². The zero-order chi connectivity index (χ0) is 14.9. The molecule has 2 unspecified atom stereocenters. The number of carbonyl (C=O) groups is 1. The molecule has 4 nitrogen and oxygen atoms in total. The molecule has 0 aromatic carbocycles. The number of aryl methyl sites for hydroxylation is 1. The van der Waals surface area contributed by atoms with E-state index in [9.17, 15) is 4.79 Å². The summed E-state index contributed by atoms with van der Waals surface area (Å²) in [6.07, 6.45) is 3.40. The SMILES string of the molecule is Cc1[nH]c(=S)sc1CC(=O)NC1CCOC2(CCSC2)C1. The Morgan fingerprint density at radius 3 is 3.14 bits per heavy atom. The van der Waals surface area contributed by atoms with Crippen LogP contribution in [0.2, 0.25) is 0 Å². The van der Waals surface area contributed by atoms with E-state index in [1.54, 1.807) is 0 Å². The minimum absolute atomic E-state index is 0.0152. The summed E-state index contributed by atoms with van der Waals surface area (Å²) < 4.78 is 6.73. The number of aromatic amines is 1. The van der Waals surface area contributed by atoms with Gasteiger partial charge in [-0.2, -0.15) is 11.8 Å². The summed E-state index contributed by atoms with van der Waals surface area (Å²) in [5, 5.41) is 3.19. The largest absolute Gasteiger partial charge is 0.374 e. The van der Waals surface area contributed by atoms with E-state index in [4.69, 9.17) is 17.0 Å². The van der Waals surface area contributed by atoms with Crippen LogP contribution in [0.1, 0.15) is 29.8 Å². The van der Waals surface area contributed by atoms with E-state index in [0.29, 0.717) is 6.42 Å². The number of nitrogens with one attached hydrogen (secondary N) is 2.